The summed E-state index contributed by atoms with van der Waals surface area (Å²) in [6.45, 7) is 6.10. The highest BCUT2D eigenvalue weighted by Crippen LogP contribution is 2.22. The number of carbonyl (C=O) groups is 6. The third-order valence-electron chi connectivity index (χ3n) is 7.25. The standard InChI is InChI=1S/C38H40O11/c1-3-35(41)46-21-9-5-4-8-20-45-32-17-13-28(14-18-32)38(44)49-34-19-15-29(23-31(34)26-40)37(43)47-22-10-6-7-11-36(42)48-33-16-12-27(2)30(24-33)25-39/h3,12-19,23-26H,1,4-11,20-22H2,2H3. The lowest BCUT2D eigenvalue weighted by Crippen LogP contribution is -2.11. The summed E-state index contributed by atoms with van der Waals surface area (Å²) < 4.78 is 26.6. The van der Waals surface area contributed by atoms with Crippen LogP contribution in [0.15, 0.2) is 73.3 Å². The average Bonchev–Trinajstić information content (AvgIpc) is 3.11. The molecular weight excluding hydrogens is 632 g/mol. The van der Waals surface area contributed by atoms with E-state index in [1.807, 2.05) is 0 Å². The molecular formula is C38H40O11. The number of carbonyl (C=O) groups excluding carboxylic acids is 6. The Morgan fingerprint density at radius 3 is 1.96 bits per heavy atom. The van der Waals surface area contributed by atoms with Gasteiger partial charge in [0, 0.05) is 18.1 Å². The van der Waals surface area contributed by atoms with Crippen LogP contribution in [-0.4, -0.2) is 56.3 Å². The van der Waals surface area contributed by atoms with Crippen LogP contribution in [0.3, 0.4) is 0 Å². The summed E-state index contributed by atoms with van der Waals surface area (Å²) >= 11 is 0. The van der Waals surface area contributed by atoms with E-state index in [9.17, 15) is 28.8 Å². The maximum atomic E-state index is 12.7. The van der Waals surface area contributed by atoms with Gasteiger partial charge in [0.2, 0.25) is 0 Å². The van der Waals surface area contributed by atoms with Gasteiger partial charge in [-0.15, -0.1) is 0 Å². The van der Waals surface area contributed by atoms with Gasteiger partial charge in [0.05, 0.1) is 36.5 Å². The molecule has 0 fully saturated rings. The highest BCUT2D eigenvalue weighted by molar-refractivity contribution is 5.95. The molecule has 0 aromatic heterocycles. The molecule has 0 radical (unpaired) electrons. The number of aryl methyl sites for hydroxylation is 1. The Hall–Kier alpha value is -5.58. The number of hydrogen-bond donors (Lipinski definition) is 0. The van der Waals surface area contributed by atoms with E-state index in [1.54, 1.807) is 43.3 Å². The van der Waals surface area contributed by atoms with Gasteiger partial charge in [-0.2, -0.15) is 0 Å². The molecule has 0 aliphatic carbocycles. The van der Waals surface area contributed by atoms with Gasteiger partial charge in [-0.3, -0.25) is 14.4 Å². The summed E-state index contributed by atoms with van der Waals surface area (Å²) in [4.78, 5) is 71.1. The van der Waals surface area contributed by atoms with Gasteiger partial charge in [0.1, 0.15) is 23.5 Å². The minimum Gasteiger partial charge on any atom is -0.494 e. The van der Waals surface area contributed by atoms with Crippen LogP contribution in [0.4, 0.5) is 0 Å². The van der Waals surface area contributed by atoms with Crippen LogP contribution in [-0.2, 0) is 19.1 Å². The smallest absolute Gasteiger partial charge is 0.343 e. The molecule has 0 N–H and O–H groups in total. The second-order valence-corrected chi connectivity index (χ2v) is 11.0. The van der Waals surface area contributed by atoms with E-state index in [-0.39, 0.29) is 35.5 Å². The predicted octanol–water partition coefficient (Wildman–Crippen LogP) is 6.83. The number of unbranched alkanes of at least 4 members (excludes halogenated alkanes) is 5. The quantitative estimate of drug-likeness (QED) is 0.0385. The van der Waals surface area contributed by atoms with Gasteiger partial charge >= 0.3 is 23.9 Å². The third-order valence-corrected chi connectivity index (χ3v) is 7.25. The lowest BCUT2D eigenvalue weighted by Gasteiger charge is -2.10. The number of hydrogen-bond acceptors (Lipinski definition) is 11. The molecule has 258 valence electrons. The van der Waals surface area contributed by atoms with Crippen LogP contribution in [0.5, 0.6) is 17.2 Å². The Morgan fingerprint density at radius 2 is 1.27 bits per heavy atom. The van der Waals surface area contributed by atoms with Crippen LogP contribution in [0.2, 0.25) is 0 Å². The van der Waals surface area contributed by atoms with E-state index in [4.69, 9.17) is 23.7 Å². The van der Waals surface area contributed by atoms with Crippen molar-refractivity contribution in [1.29, 1.82) is 0 Å². The Morgan fingerprint density at radius 1 is 0.633 bits per heavy atom. The number of aldehydes is 2. The second-order valence-electron chi connectivity index (χ2n) is 11.0. The maximum absolute atomic E-state index is 12.7. The monoisotopic (exact) mass is 672 g/mol. The first-order valence-corrected chi connectivity index (χ1v) is 16.0. The van der Waals surface area contributed by atoms with Crippen LogP contribution in [0, 0.1) is 6.92 Å². The zero-order valence-corrected chi connectivity index (χ0v) is 27.5. The Balaban J connectivity index is 1.35. The Bertz CT molecular complexity index is 1610. The first kappa shape index (κ1) is 37.9. The number of esters is 4. The normalized spacial score (nSPS) is 10.4. The summed E-state index contributed by atoms with van der Waals surface area (Å²) in [5, 5.41) is 0. The highest BCUT2D eigenvalue weighted by atomic mass is 16.5. The minimum absolute atomic E-state index is 0.00367. The number of ether oxygens (including phenoxy) is 5. The first-order chi connectivity index (χ1) is 23.7. The van der Waals surface area contributed by atoms with E-state index < -0.39 is 23.9 Å². The van der Waals surface area contributed by atoms with Crippen molar-refractivity contribution < 1.29 is 52.5 Å². The van der Waals surface area contributed by atoms with Crippen LogP contribution in [0.25, 0.3) is 0 Å². The fraction of sp³-hybridized carbons (Fsp3) is 0.316. The van der Waals surface area contributed by atoms with Crippen LogP contribution >= 0.6 is 0 Å². The molecule has 0 aliphatic heterocycles. The van der Waals surface area contributed by atoms with E-state index >= 15 is 0 Å². The molecule has 0 saturated carbocycles. The molecule has 3 aromatic rings. The van der Waals surface area contributed by atoms with Crippen molar-refractivity contribution in [3.8, 4) is 17.2 Å². The molecule has 0 heterocycles. The van der Waals surface area contributed by atoms with Crippen LogP contribution in [0.1, 0.15) is 98.4 Å². The SMILES string of the molecule is C=CC(=O)OCCCCCCOc1ccc(C(=O)Oc2ccc(C(=O)OCCCCCC(=O)Oc3ccc(C)c(C=O)c3)cc2C=O)cc1. The fourth-order valence-corrected chi connectivity index (χ4v) is 4.47. The van der Waals surface area contributed by atoms with Crippen LogP contribution < -0.4 is 14.2 Å². The molecule has 3 rings (SSSR count). The molecule has 0 bridgehead atoms. The lowest BCUT2D eigenvalue weighted by molar-refractivity contribution is -0.138. The minimum atomic E-state index is -0.685. The highest BCUT2D eigenvalue weighted by Gasteiger charge is 2.16. The summed E-state index contributed by atoms with van der Waals surface area (Å²) in [7, 11) is 0. The summed E-state index contributed by atoms with van der Waals surface area (Å²) in [5.74, 6) is -1.28. The topological polar surface area (TPSA) is 149 Å². The zero-order chi connectivity index (χ0) is 35.4. The fourth-order valence-electron chi connectivity index (χ4n) is 4.47. The predicted molar refractivity (Wildman–Crippen MR) is 179 cm³/mol. The van der Waals surface area contributed by atoms with Crippen molar-refractivity contribution in [2.75, 3.05) is 19.8 Å². The van der Waals surface area contributed by atoms with Gasteiger partial charge in [0.25, 0.3) is 0 Å². The molecule has 3 aromatic carbocycles. The second kappa shape index (κ2) is 20.6. The summed E-state index contributed by atoms with van der Waals surface area (Å²) in [6.07, 6.45) is 7.52. The van der Waals surface area contributed by atoms with Gasteiger partial charge in [0.15, 0.2) is 6.29 Å². The molecule has 0 atom stereocenters. The maximum Gasteiger partial charge on any atom is 0.343 e. The van der Waals surface area contributed by atoms with Gasteiger partial charge in [-0.1, -0.05) is 12.6 Å². The molecule has 0 aliphatic rings. The first-order valence-electron chi connectivity index (χ1n) is 16.0. The molecule has 0 saturated heterocycles. The number of benzene rings is 3. The van der Waals surface area contributed by atoms with E-state index in [0.29, 0.717) is 62.1 Å². The largest absolute Gasteiger partial charge is 0.494 e. The van der Waals surface area contributed by atoms with E-state index in [0.717, 1.165) is 37.3 Å². The molecule has 49 heavy (non-hydrogen) atoms. The van der Waals surface area contributed by atoms with Crippen molar-refractivity contribution in [3.63, 3.8) is 0 Å². The zero-order valence-electron chi connectivity index (χ0n) is 27.5. The molecule has 0 unspecified atom stereocenters. The Labute approximate surface area is 285 Å². The Kier molecular flexibility index (Phi) is 15.9. The third kappa shape index (κ3) is 13.2. The lowest BCUT2D eigenvalue weighted by atomic mass is 10.1. The van der Waals surface area contributed by atoms with Crippen molar-refractivity contribution in [1.82, 2.24) is 0 Å². The molecule has 11 nitrogen and oxygen atoms in total. The van der Waals surface area contributed by atoms with Gasteiger partial charge in [-0.25, -0.2) is 14.4 Å². The van der Waals surface area contributed by atoms with Crippen molar-refractivity contribution in [3.05, 3.63) is 101 Å². The van der Waals surface area contributed by atoms with Crippen molar-refractivity contribution in [2.24, 2.45) is 0 Å². The molecule has 0 spiro atoms. The van der Waals surface area contributed by atoms with E-state index in [1.165, 1.54) is 24.3 Å². The number of rotatable bonds is 21. The summed E-state index contributed by atoms with van der Waals surface area (Å²) in [5.41, 5.74) is 1.63. The molecule has 0 amide bonds. The van der Waals surface area contributed by atoms with Crippen molar-refractivity contribution >= 4 is 36.4 Å². The molecule has 11 heteroatoms. The van der Waals surface area contributed by atoms with Gasteiger partial charge in [-0.05, 0) is 112 Å². The van der Waals surface area contributed by atoms with Gasteiger partial charge < -0.3 is 23.7 Å². The summed E-state index contributed by atoms with van der Waals surface area (Å²) in [6, 6.07) is 15.3. The average molecular weight is 673 g/mol. The van der Waals surface area contributed by atoms with Crippen molar-refractivity contribution in [2.45, 2.75) is 58.3 Å². The van der Waals surface area contributed by atoms with E-state index in [2.05, 4.69) is 6.58 Å².